The van der Waals surface area contributed by atoms with Crippen LogP contribution in [0.25, 0.3) is 11.0 Å². The Morgan fingerprint density at radius 3 is 2.57 bits per heavy atom. The number of rotatable bonds is 5. The summed E-state index contributed by atoms with van der Waals surface area (Å²) in [7, 11) is 1.53. The maximum absolute atomic E-state index is 12.1. The molecule has 0 bridgehead atoms. The Morgan fingerprint density at radius 2 is 1.87 bits per heavy atom. The second-order valence-corrected chi connectivity index (χ2v) is 5.25. The molecule has 23 heavy (non-hydrogen) atoms. The number of halogens is 1. The van der Waals surface area contributed by atoms with Crippen LogP contribution in [0.5, 0.6) is 11.5 Å². The minimum Gasteiger partial charge on any atom is -0.493 e. The number of hydrogen-bond donors (Lipinski definition) is 0. The van der Waals surface area contributed by atoms with E-state index in [-0.39, 0.29) is 11.3 Å². The SMILES string of the molecule is COc1cc2c(=O)cc(CCl)oc2cc1OCc1ccccc1. The molecule has 0 amide bonds. The summed E-state index contributed by atoms with van der Waals surface area (Å²) in [5.41, 5.74) is 1.30. The third kappa shape index (κ3) is 3.32. The summed E-state index contributed by atoms with van der Waals surface area (Å²) in [6.07, 6.45) is 0. The first-order valence-corrected chi connectivity index (χ1v) is 7.62. The highest BCUT2D eigenvalue weighted by molar-refractivity contribution is 6.16. The van der Waals surface area contributed by atoms with E-state index in [0.29, 0.717) is 34.8 Å². The molecular formula is C18H15ClO4. The van der Waals surface area contributed by atoms with Gasteiger partial charge in [0, 0.05) is 12.1 Å². The van der Waals surface area contributed by atoms with Crippen LogP contribution < -0.4 is 14.9 Å². The molecule has 0 saturated heterocycles. The summed E-state index contributed by atoms with van der Waals surface area (Å²) in [5.74, 6) is 1.55. The van der Waals surface area contributed by atoms with E-state index in [9.17, 15) is 4.79 Å². The molecule has 0 atom stereocenters. The highest BCUT2D eigenvalue weighted by Crippen LogP contribution is 2.32. The lowest BCUT2D eigenvalue weighted by Gasteiger charge is -2.12. The normalized spacial score (nSPS) is 10.7. The van der Waals surface area contributed by atoms with E-state index in [2.05, 4.69) is 0 Å². The fraction of sp³-hybridized carbons (Fsp3) is 0.167. The number of hydrogen-bond acceptors (Lipinski definition) is 4. The number of methoxy groups -OCH3 is 1. The lowest BCUT2D eigenvalue weighted by atomic mass is 10.2. The van der Waals surface area contributed by atoms with Crippen molar-refractivity contribution in [3.8, 4) is 11.5 Å². The Morgan fingerprint density at radius 1 is 1.09 bits per heavy atom. The first kappa shape index (κ1) is 15.4. The Kier molecular flexibility index (Phi) is 4.53. The number of benzene rings is 2. The predicted molar refractivity (Wildman–Crippen MR) is 89.4 cm³/mol. The second-order valence-electron chi connectivity index (χ2n) is 4.98. The van der Waals surface area contributed by atoms with Gasteiger partial charge in [-0.3, -0.25) is 4.79 Å². The van der Waals surface area contributed by atoms with Crippen molar-refractivity contribution in [1.29, 1.82) is 0 Å². The molecule has 0 fully saturated rings. The van der Waals surface area contributed by atoms with Crippen LogP contribution in [0.3, 0.4) is 0 Å². The Bertz CT molecular complexity index is 871. The summed E-state index contributed by atoms with van der Waals surface area (Å²) in [4.78, 5) is 12.1. The third-order valence-electron chi connectivity index (χ3n) is 3.43. The quantitative estimate of drug-likeness (QED) is 0.660. The first-order chi connectivity index (χ1) is 11.2. The first-order valence-electron chi connectivity index (χ1n) is 7.08. The van der Waals surface area contributed by atoms with Gasteiger partial charge >= 0.3 is 0 Å². The largest absolute Gasteiger partial charge is 0.493 e. The van der Waals surface area contributed by atoms with E-state index >= 15 is 0 Å². The molecule has 0 spiro atoms. The van der Waals surface area contributed by atoms with Gasteiger partial charge in [0.15, 0.2) is 16.9 Å². The zero-order chi connectivity index (χ0) is 16.2. The van der Waals surface area contributed by atoms with Gasteiger partial charge in [-0.2, -0.15) is 0 Å². The van der Waals surface area contributed by atoms with E-state index in [1.807, 2.05) is 30.3 Å². The second kappa shape index (κ2) is 6.75. The fourth-order valence-corrected chi connectivity index (χ4v) is 2.42. The number of fused-ring (bicyclic) bond motifs is 1. The molecule has 118 valence electrons. The molecule has 1 aromatic heterocycles. The molecule has 0 radical (unpaired) electrons. The standard InChI is InChI=1S/C18H15ClO4/c1-21-17-8-14-15(20)7-13(10-19)23-16(14)9-18(17)22-11-12-5-3-2-4-6-12/h2-9H,10-11H2,1H3. The van der Waals surface area contributed by atoms with Crippen LogP contribution in [-0.4, -0.2) is 7.11 Å². The van der Waals surface area contributed by atoms with E-state index < -0.39 is 0 Å². The van der Waals surface area contributed by atoms with Gasteiger partial charge in [0.2, 0.25) is 0 Å². The maximum Gasteiger partial charge on any atom is 0.193 e. The van der Waals surface area contributed by atoms with Crippen molar-refractivity contribution in [3.05, 3.63) is 70.1 Å². The molecule has 3 aromatic rings. The molecule has 5 heteroatoms. The molecule has 3 rings (SSSR count). The topological polar surface area (TPSA) is 48.7 Å². The molecule has 1 heterocycles. The lowest BCUT2D eigenvalue weighted by Crippen LogP contribution is -2.03. The van der Waals surface area contributed by atoms with Crippen molar-refractivity contribution in [3.63, 3.8) is 0 Å². The van der Waals surface area contributed by atoms with Crippen LogP contribution >= 0.6 is 11.6 Å². The van der Waals surface area contributed by atoms with Gasteiger partial charge in [-0.25, -0.2) is 0 Å². The zero-order valence-corrected chi connectivity index (χ0v) is 13.3. The smallest absolute Gasteiger partial charge is 0.193 e. The molecule has 4 nitrogen and oxygen atoms in total. The van der Waals surface area contributed by atoms with Crippen molar-refractivity contribution < 1.29 is 13.9 Å². The van der Waals surface area contributed by atoms with Gasteiger partial charge in [-0.15, -0.1) is 11.6 Å². The van der Waals surface area contributed by atoms with Gasteiger partial charge < -0.3 is 13.9 Å². The van der Waals surface area contributed by atoms with Crippen molar-refractivity contribution in [2.45, 2.75) is 12.5 Å². The van der Waals surface area contributed by atoms with Crippen LogP contribution in [0, 0.1) is 0 Å². The highest BCUT2D eigenvalue weighted by atomic mass is 35.5. The summed E-state index contributed by atoms with van der Waals surface area (Å²) < 4.78 is 16.8. The Hall–Kier alpha value is -2.46. The minimum atomic E-state index is -0.158. The van der Waals surface area contributed by atoms with Crippen LogP contribution in [0.2, 0.25) is 0 Å². The molecule has 0 aliphatic carbocycles. The Labute approximate surface area is 138 Å². The van der Waals surface area contributed by atoms with Crippen molar-refractivity contribution >= 4 is 22.6 Å². The Balaban J connectivity index is 1.99. The molecule has 0 aliphatic rings. The highest BCUT2D eigenvalue weighted by Gasteiger charge is 2.12. The van der Waals surface area contributed by atoms with E-state index in [1.165, 1.54) is 13.2 Å². The van der Waals surface area contributed by atoms with Gasteiger partial charge in [-0.05, 0) is 11.6 Å². The van der Waals surface area contributed by atoms with Crippen molar-refractivity contribution in [2.24, 2.45) is 0 Å². The van der Waals surface area contributed by atoms with Crippen LogP contribution in [0.4, 0.5) is 0 Å². The van der Waals surface area contributed by atoms with Gasteiger partial charge in [0.05, 0.1) is 18.4 Å². The van der Waals surface area contributed by atoms with Crippen LogP contribution in [-0.2, 0) is 12.5 Å². The number of ether oxygens (including phenoxy) is 2. The van der Waals surface area contributed by atoms with E-state index in [4.69, 9.17) is 25.5 Å². The van der Waals surface area contributed by atoms with Gasteiger partial charge in [-0.1, -0.05) is 30.3 Å². The van der Waals surface area contributed by atoms with Crippen molar-refractivity contribution in [1.82, 2.24) is 0 Å². The number of alkyl halides is 1. The average Bonchev–Trinajstić information content (AvgIpc) is 2.60. The molecule has 0 N–H and O–H groups in total. The fourth-order valence-electron chi connectivity index (χ4n) is 2.29. The van der Waals surface area contributed by atoms with Crippen LogP contribution in [0.15, 0.2) is 57.7 Å². The minimum absolute atomic E-state index is 0.136. The molecule has 0 aliphatic heterocycles. The summed E-state index contributed by atoms with van der Waals surface area (Å²) in [6, 6.07) is 14.5. The summed E-state index contributed by atoms with van der Waals surface area (Å²) in [6.45, 7) is 0.391. The molecular weight excluding hydrogens is 316 g/mol. The molecule has 0 unspecified atom stereocenters. The summed E-state index contributed by atoms with van der Waals surface area (Å²) >= 11 is 5.75. The molecule has 0 saturated carbocycles. The van der Waals surface area contributed by atoms with Crippen LogP contribution in [0.1, 0.15) is 11.3 Å². The van der Waals surface area contributed by atoms with E-state index in [1.54, 1.807) is 12.1 Å². The zero-order valence-electron chi connectivity index (χ0n) is 12.5. The van der Waals surface area contributed by atoms with Gasteiger partial charge in [0.1, 0.15) is 18.0 Å². The lowest BCUT2D eigenvalue weighted by molar-refractivity contribution is 0.284. The van der Waals surface area contributed by atoms with E-state index in [0.717, 1.165) is 5.56 Å². The maximum atomic E-state index is 12.1. The third-order valence-corrected chi connectivity index (χ3v) is 3.70. The molecule has 2 aromatic carbocycles. The summed E-state index contributed by atoms with van der Waals surface area (Å²) in [5, 5.41) is 0.433. The monoisotopic (exact) mass is 330 g/mol. The average molecular weight is 331 g/mol. The van der Waals surface area contributed by atoms with Crippen molar-refractivity contribution in [2.75, 3.05) is 7.11 Å². The predicted octanol–water partition coefficient (Wildman–Crippen LogP) is 4.12. The van der Waals surface area contributed by atoms with Gasteiger partial charge in [0.25, 0.3) is 0 Å².